The molecule has 0 aliphatic carbocycles. The zero-order valence-electron chi connectivity index (χ0n) is 11.1. The fraction of sp³-hybridized carbons (Fsp3) is 0.917. The van der Waals surface area contributed by atoms with E-state index in [0.29, 0.717) is 32.4 Å². The van der Waals surface area contributed by atoms with Crippen molar-refractivity contribution in [2.24, 2.45) is 0 Å². The average Bonchev–Trinajstić information content (AvgIpc) is 2.48. The van der Waals surface area contributed by atoms with Crippen LogP contribution in [0.3, 0.4) is 0 Å². The number of hydrogen-bond acceptors (Lipinski definition) is 4. The highest BCUT2D eigenvalue weighted by Crippen LogP contribution is 2.07. The first-order valence-corrected chi connectivity index (χ1v) is 6.23. The monoisotopic (exact) mass is 244 g/mol. The Morgan fingerprint density at radius 2 is 2.06 bits per heavy atom. The molecule has 1 aliphatic rings. The van der Waals surface area contributed by atoms with E-state index in [0.717, 1.165) is 19.6 Å². The summed E-state index contributed by atoms with van der Waals surface area (Å²) < 4.78 is 10.0. The number of methoxy groups -OCH3 is 1. The summed E-state index contributed by atoms with van der Waals surface area (Å²) in [6.07, 6.45) is 0.614. The molecule has 1 saturated heterocycles. The van der Waals surface area contributed by atoms with E-state index in [1.54, 1.807) is 7.11 Å². The lowest BCUT2D eigenvalue weighted by Crippen LogP contribution is -2.37. The Balaban J connectivity index is 2.32. The van der Waals surface area contributed by atoms with Crippen LogP contribution >= 0.6 is 0 Å². The number of nitrogens with zero attached hydrogens (tertiary/aromatic N) is 2. The summed E-state index contributed by atoms with van der Waals surface area (Å²) >= 11 is 0. The largest absolute Gasteiger partial charge is 0.359 e. The SMILES string of the molecule is COCOCCN1CCN(C(C)C)CCC1=O. The minimum absolute atomic E-state index is 0.231. The van der Waals surface area contributed by atoms with Crippen LogP contribution in [0.1, 0.15) is 20.3 Å². The first-order chi connectivity index (χ1) is 8.15. The van der Waals surface area contributed by atoms with Crippen LogP contribution in [0.2, 0.25) is 0 Å². The molecule has 1 heterocycles. The van der Waals surface area contributed by atoms with Gasteiger partial charge in [0.15, 0.2) is 0 Å². The Bertz CT molecular complexity index is 234. The van der Waals surface area contributed by atoms with E-state index in [-0.39, 0.29) is 5.91 Å². The molecule has 0 bridgehead atoms. The maximum absolute atomic E-state index is 11.9. The molecule has 0 aromatic rings. The first kappa shape index (κ1) is 14.4. The predicted molar refractivity (Wildman–Crippen MR) is 65.7 cm³/mol. The predicted octanol–water partition coefficient (Wildman–Crippen LogP) is 0.550. The molecule has 0 aromatic carbocycles. The molecule has 0 radical (unpaired) electrons. The second-order valence-electron chi connectivity index (χ2n) is 4.58. The Kier molecular flexibility index (Phi) is 6.47. The number of ether oxygens (including phenoxy) is 2. The molecule has 0 aromatic heterocycles. The van der Waals surface area contributed by atoms with Gasteiger partial charge in [-0.15, -0.1) is 0 Å². The second-order valence-corrected chi connectivity index (χ2v) is 4.58. The molecule has 17 heavy (non-hydrogen) atoms. The van der Waals surface area contributed by atoms with Crippen LogP contribution in [0.15, 0.2) is 0 Å². The van der Waals surface area contributed by atoms with Crippen LogP contribution in [0, 0.1) is 0 Å². The molecule has 1 fully saturated rings. The van der Waals surface area contributed by atoms with Gasteiger partial charge in [0.25, 0.3) is 0 Å². The lowest BCUT2D eigenvalue weighted by Gasteiger charge is -2.24. The summed E-state index contributed by atoms with van der Waals surface area (Å²) in [5.41, 5.74) is 0. The van der Waals surface area contributed by atoms with Gasteiger partial charge in [0.05, 0.1) is 6.61 Å². The molecule has 5 heteroatoms. The molecular formula is C12H24N2O3. The van der Waals surface area contributed by atoms with Crippen molar-refractivity contribution in [3.63, 3.8) is 0 Å². The first-order valence-electron chi connectivity index (χ1n) is 6.23. The van der Waals surface area contributed by atoms with Gasteiger partial charge < -0.3 is 14.4 Å². The number of amides is 1. The van der Waals surface area contributed by atoms with Gasteiger partial charge >= 0.3 is 0 Å². The van der Waals surface area contributed by atoms with E-state index < -0.39 is 0 Å². The number of rotatable bonds is 6. The minimum atomic E-state index is 0.231. The Labute approximate surface area is 104 Å². The van der Waals surface area contributed by atoms with Crippen molar-refractivity contribution in [2.45, 2.75) is 26.3 Å². The van der Waals surface area contributed by atoms with Crippen LogP contribution in [0.4, 0.5) is 0 Å². The van der Waals surface area contributed by atoms with Crippen molar-refractivity contribution < 1.29 is 14.3 Å². The third-order valence-corrected chi connectivity index (χ3v) is 3.06. The van der Waals surface area contributed by atoms with Crippen molar-refractivity contribution >= 4 is 5.91 Å². The normalized spacial score (nSPS) is 18.8. The van der Waals surface area contributed by atoms with Crippen molar-refractivity contribution in [3.8, 4) is 0 Å². The molecule has 0 spiro atoms. The molecular weight excluding hydrogens is 220 g/mol. The van der Waals surface area contributed by atoms with Crippen LogP contribution in [0.5, 0.6) is 0 Å². The second kappa shape index (κ2) is 7.63. The summed E-state index contributed by atoms with van der Waals surface area (Å²) in [4.78, 5) is 16.1. The summed E-state index contributed by atoms with van der Waals surface area (Å²) in [5.74, 6) is 0.231. The zero-order valence-corrected chi connectivity index (χ0v) is 11.1. The summed E-state index contributed by atoms with van der Waals surface area (Å²) in [6.45, 7) is 8.45. The lowest BCUT2D eigenvalue weighted by atomic mass is 10.3. The van der Waals surface area contributed by atoms with Crippen LogP contribution in [-0.4, -0.2) is 68.4 Å². The van der Waals surface area contributed by atoms with Gasteiger partial charge in [0, 0.05) is 45.8 Å². The van der Waals surface area contributed by atoms with Gasteiger partial charge in [-0.05, 0) is 13.8 Å². The standard InChI is InChI=1S/C12H24N2O3/c1-11(2)13-5-4-12(15)14(7-6-13)8-9-17-10-16-3/h11H,4-10H2,1-3H3. The van der Waals surface area contributed by atoms with Crippen molar-refractivity contribution in [1.29, 1.82) is 0 Å². The van der Waals surface area contributed by atoms with Gasteiger partial charge in [-0.3, -0.25) is 9.69 Å². The van der Waals surface area contributed by atoms with Crippen LogP contribution in [0.25, 0.3) is 0 Å². The quantitative estimate of drug-likeness (QED) is 0.505. The Morgan fingerprint density at radius 3 is 2.71 bits per heavy atom. The lowest BCUT2D eigenvalue weighted by molar-refractivity contribution is -0.131. The molecule has 0 N–H and O–H groups in total. The van der Waals surface area contributed by atoms with E-state index in [1.807, 2.05) is 4.90 Å². The minimum Gasteiger partial charge on any atom is -0.359 e. The van der Waals surface area contributed by atoms with Gasteiger partial charge in [0.1, 0.15) is 6.79 Å². The highest BCUT2D eigenvalue weighted by Gasteiger charge is 2.21. The summed E-state index contributed by atoms with van der Waals surface area (Å²) in [6, 6.07) is 0.507. The highest BCUT2D eigenvalue weighted by atomic mass is 16.7. The van der Waals surface area contributed by atoms with E-state index in [2.05, 4.69) is 18.7 Å². The molecule has 1 amide bonds. The molecule has 100 valence electrons. The maximum atomic E-state index is 11.9. The highest BCUT2D eigenvalue weighted by molar-refractivity contribution is 5.76. The zero-order chi connectivity index (χ0) is 12.7. The fourth-order valence-corrected chi connectivity index (χ4v) is 1.95. The average molecular weight is 244 g/mol. The Hall–Kier alpha value is -0.650. The van der Waals surface area contributed by atoms with E-state index in [4.69, 9.17) is 9.47 Å². The topological polar surface area (TPSA) is 42.0 Å². The Morgan fingerprint density at radius 1 is 1.29 bits per heavy atom. The van der Waals surface area contributed by atoms with Crippen molar-refractivity contribution in [1.82, 2.24) is 9.80 Å². The number of carbonyl (C=O) groups is 1. The molecule has 0 unspecified atom stereocenters. The van der Waals surface area contributed by atoms with Crippen LogP contribution in [-0.2, 0) is 14.3 Å². The van der Waals surface area contributed by atoms with Crippen LogP contribution < -0.4 is 0 Å². The number of carbonyl (C=O) groups excluding carboxylic acids is 1. The summed E-state index contributed by atoms with van der Waals surface area (Å²) in [7, 11) is 1.59. The van der Waals surface area contributed by atoms with Gasteiger partial charge in [-0.2, -0.15) is 0 Å². The fourth-order valence-electron chi connectivity index (χ4n) is 1.95. The molecule has 0 saturated carbocycles. The molecule has 1 rings (SSSR count). The van der Waals surface area contributed by atoms with Gasteiger partial charge in [-0.25, -0.2) is 0 Å². The third-order valence-electron chi connectivity index (χ3n) is 3.06. The molecule has 5 nitrogen and oxygen atoms in total. The number of hydrogen-bond donors (Lipinski definition) is 0. The molecule has 0 atom stereocenters. The van der Waals surface area contributed by atoms with E-state index >= 15 is 0 Å². The van der Waals surface area contributed by atoms with E-state index in [9.17, 15) is 4.79 Å². The maximum Gasteiger partial charge on any atom is 0.223 e. The smallest absolute Gasteiger partial charge is 0.223 e. The van der Waals surface area contributed by atoms with Gasteiger partial charge in [0.2, 0.25) is 5.91 Å². The van der Waals surface area contributed by atoms with Gasteiger partial charge in [-0.1, -0.05) is 0 Å². The molecule has 1 aliphatic heterocycles. The third kappa shape index (κ3) is 5.02. The summed E-state index contributed by atoms with van der Waals surface area (Å²) in [5, 5.41) is 0. The van der Waals surface area contributed by atoms with Crippen molar-refractivity contribution in [2.75, 3.05) is 46.7 Å². The van der Waals surface area contributed by atoms with Crippen molar-refractivity contribution in [3.05, 3.63) is 0 Å². The van der Waals surface area contributed by atoms with E-state index in [1.165, 1.54) is 0 Å².